The molecule has 0 spiro atoms. The molecule has 1 aliphatic heterocycles. The molecule has 1 fully saturated rings. The lowest BCUT2D eigenvalue weighted by Gasteiger charge is -2.50. The molecule has 0 saturated carbocycles. The van der Waals surface area contributed by atoms with Crippen molar-refractivity contribution in [2.24, 2.45) is 5.73 Å². The Kier molecular flexibility index (Phi) is 5.31. The third kappa shape index (κ3) is 3.78. The van der Waals surface area contributed by atoms with Crippen molar-refractivity contribution in [3.63, 3.8) is 0 Å². The summed E-state index contributed by atoms with van der Waals surface area (Å²) >= 11 is 6.09. The van der Waals surface area contributed by atoms with Crippen LogP contribution in [0.2, 0.25) is 5.02 Å². The molecule has 3 nitrogen and oxygen atoms in total. The molecular weight excluding hydrogens is 284 g/mol. The van der Waals surface area contributed by atoms with Crippen molar-refractivity contribution in [1.29, 1.82) is 0 Å². The van der Waals surface area contributed by atoms with Gasteiger partial charge >= 0.3 is 0 Å². The summed E-state index contributed by atoms with van der Waals surface area (Å²) in [5.41, 5.74) is 7.34. The van der Waals surface area contributed by atoms with E-state index in [4.69, 9.17) is 22.1 Å². The molecule has 21 heavy (non-hydrogen) atoms. The highest BCUT2D eigenvalue weighted by Crippen LogP contribution is 2.38. The van der Waals surface area contributed by atoms with E-state index in [-0.39, 0.29) is 11.1 Å². The van der Waals surface area contributed by atoms with Gasteiger partial charge in [-0.3, -0.25) is 4.90 Å². The maximum Gasteiger partial charge on any atom is 0.0670 e. The molecule has 1 saturated heterocycles. The zero-order valence-electron chi connectivity index (χ0n) is 13.4. The largest absolute Gasteiger partial charge is 0.375 e. The van der Waals surface area contributed by atoms with Crippen LogP contribution in [0.3, 0.4) is 0 Å². The fourth-order valence-electron chi connectivity index (χ4n) is 3.28. The average molecular weight is 311 g/mol. The molecule has 4 heteroatoms. The first-order chi connectivity index (χ1) is 9.93. The smallest absolute Gasteiger partial charge is 0.0670 e. The highest BCUT2D eigenvalue weighted by Gasteiger charge is 2.44. The predicted molar refractivity (Wildman–Crippen MR) is 88.6 cm³/mol. The van der Waals surface area contributed by atoms with E-state index >= 15 is 0 Å². The van der Waals surface area contributed by atoms with Gasteiger partial charge in [0.2, 0.25) is 0 Å². The van der Waals surface area contributed by atoms with Crippen molar-refractivity contribution in [3.05, 3.63) is 34.9 Å². The van der Waals surface area contributed by atoms with Crippen LogP contribution in [0.5, 0.6) is 0 Å². The second kappa shape index (κ2) is 6.66. The topological polar surface area (TPSA) is 38.5 Å². The quantitative estimate of drug-likeness (QED) is 0.905. The fraction of sp³-hybridized carbons (Fsp3) is 0.647. The van der Waals surface area contributed by atoms with Gasteiger partial charge in [-0.05, 0) is 50.9 Å². The molecule has 0 amide bonds. The van der Waals surface area contributed by atoms with E-state index in [1.807, 2.05) is 18.2 Å². The van der Waals surface area contributed by atoms with Gasteiger partial charge in [0.15, 0.2) is 0 Å². The summed E-state index contributed by atoms with van der Waals surface area (Å²) in [6, 6.07) is 8.05. The molecule has 0 aliphatic carbocycles. The van der Waals surface area contributed by atoms with Gasteiger partial charge in [0.05, 0.1) is 5.60 Å². The van der Waals surface area contributed by atoms with Crippen molar-refractivity contribution in [2.45, 2.75) is 50.8 Å². The number of halogens is 1. The molecule has 2 unspecified atom stereocenters. The Morgan fingerprint density at radius 2 is 2.19 bits per heavy atom. The number of benzene rings is 1. The molecule has 1 aromatic carbocycles. The van der Waals surface area contributed by atoms with Crippen molar-refractivity contribution in [2.75, 3.05) is 20.2 Å². The van der Waals surface area contributed by atoms with Gasteiger partial charge in [-0.15, -0.1) is 0 Å². The molecule has 0 bridgehead atoms. The monoisotopic (exact) mass is 310 g/mol. The van der Waals surface area contributed by atoms with Crippen LogP contribution in [0.1, 0.15) is 38.7 Å². The van der Waals surface area contributed by atoms with Crippen molar-refractivity contribution < 1.29 is 4.74 Å². The average Bonchev–Trinajstić information content (AvgIpc) is 2.47. The molecule has 1 heterocycles. The SMILES string of the molecule is CCC1(C)CC(CN)(N(C)Cc2cccc(Cl)c2)CCO1. The second-order valence-corrected chi connectivity index (χ2v) is 6.93. The minimum atomic E-state index is -0.0692. The van der Waals surface area contributed by atoms with Crippen LogP contribution >= 0.6 is 11.6 Å². The van der Waals surface area contributed by atoms with E-state index in [2.05, 4.69) is 31.9 Å². The van der Waals surface area contributed by atoms with E-state index < -0.39 is 0 Å². The standard InChI is InChI=1S/C17H27ClN2O/c1-4-16(2)12-17(13-19,8-9-21-16)20(3)11-14-6-5-7-15(18)10-14/h5-7,10H,4,8-9,11-13,19H2,1-3H3. The summed E-state index contributed by atoms with van der Waals surface area (Å²) in [7, 11) is 2.16. The van der Waals surface area contributed by atoms with E-state index in [9.17, 15) is 0 Å². The minimum absolute atomic E-state index is 0.00529. The molecule has 0 radical (unpaired) electrons. The van der Waals surface area contributed by atoms with Crippen molar-refractivity contribution in [1.82, 2.24) is 4.90 Å². The second-order valence-electron chi connectivity index (χ2n) is 6.49. The zero-order chi connectivity index (χ0) is 15.5. The Balaban J connectivity index is 2.15. The van der Waals surface area contributed by atoms with Gasteiger partial charge in [-0.1, -0.05) is 30.7 Å². The van der Waals surface area contributed by atoms with Crippen molar-refractivity contribution in [3.8, 4) is 0 Å². The number of rotatable bonds is 5. The Morgan fingerprint density at radius 1 is 1.43 bits per heavy atom. The highest BCUT2D eigenvalue weighted by molar-refractivity contribution is 6.30. The van der Waals surface area contributed by atoms with Crippen LogP contribution in [0.15, 0.2) is 24.3 Å². The Morgan fingerprint density at radius 3 is 2.81 bits per heavy atom. The van der Waals surface area contributed by atoms with Crippen LogP contribution in [0.4, 0.5) is 0 Å². The normalized spacial score (nSPS) is 29.8. The summed E-state index contributed by atoms with van der Waals surface area (Å²) in [6.45, 7) is 6.68. The summed E-state index contributed by atoms with van der Waals surface area (Å²) in [5, 5.41) is 0.785. The van der Waals surface area contributed by atoms with Gasteiger partial charge in [-0.25, -0.2) is 0 Å². The Bertz CT molecular complexity index is 482. The van der Waals surface area contributed by atoms with Crippen LogP contribution < -0.4 is 5.73 Å². The van der Waals surface area contributed by atoms with E-state index in [1.165, 1.54) is 5.56 Å². The summed E-state index contributed by atoms with van der Waals surface area (Å²) < 4.78 is 5.99. The van der Waals surface area contributed by atoms with Crippen LogP contribution in [-0.4, -0.2) is 36.2 Å². The Hall–Kier alpha value is -0.610. The van der Waals surface area contributed by atoms with E-state index in [1.54, 1.807) is 0 Å². The molecule has 118 valence electrons. The first kappa shape index (κ1) is 16.8. The number of likely N-dealkylation sites (N-methyl/N-ethyl adjacent to an activating group) is 1. The van der Waals surface area contributed by atoms with Crippen LogP contribution in [0, 0.1) is 0 Å². The third-order valence-corrected chi connectivity index (χ3v) is 5.20. The van der Waals surface area contributed by atoms with E-state index in [0.717, 1.165) is 37.4 Å². The number of nitrogens with zero attached hydrogens (tertiary/aromatic N) is 1. The Labute approximate surface area is 133 Å². The summed E-state index contributed by atoms with van der Waals surface area (Å²) in [6.07, 6.45) is 2.97. The van der Waals surface area contributed by atoms with Gasteiger partial charge in [0.1, 0.15) is 0 Å². The first-order valence-electron chi connectivity index (χ1n) is 7.73. The molecular formula is C17H27ClN2O. The molecule has 1 aromatic rings. The van der Waals surface area contributed by atoms with Crippen LogP contribution in [-0.2, 0) is 11.3 Å². The van der Waals surface area contributed by atoms with E-state index in [0.29, 0.717) is 6.54 Å². The predicted octanol–water partition coefficient (Wildman–Crippen LogP) is 3.45. The molecule has 1 aliphatic rings. The fourth-order valence-corrected chi connectivity index (χ4v) is 3.50. The maximum absolute atomic E-state index is 6.18. The molecule has 2 rings (SSSR count). The lowest BCUT2D eigenvalue weighted by Crippen LogP contribution is -2.59. The number of nitrogens with two attached hydrogens (primary N) is 1. The number of hydrogen-bond donors (Lipinski definition) is 1. The zero-order valence-corrected chi connectivity index (χ0v) is 14.1. The summed E-state index contributed by atoms with van der Waals surface area (Å²) in [4.78, 5) is 2.38. The maximum atomic E-state index is 6.18. The van der Waals surface area contributed by atoms with Gasteiger partial charge in [0, 0.05) is 30.3 Å². The van der Waals surface area contributed by atoms with Gasteiger partial charge in [0.25, 0.3) is 0 Å². The third-order valence-electron chi connectivity index (χ3n) is 4.97. The summed E-state index contributed by atoms with van der Waals surface area (Å²) in [5.74, 6) is 0. The van der Waals surface area contributed by atoms with Crippen molar-refractivity contribution >= 4 is 11.6 Å². The highest BCUT2D eigenvalue weighted by atomic mass is 35.5. The van der Waals surface area contributed by atoms with Crippen LogP contribution in [0.25, 0.3) is 0 Å². The number of hydrogen-bond acceptors (Lipinski definition) is 3. The molecule has 2 N–H and O–H groups in total. The minimum Gasteiger partial charge on any atom is -0.375 e. The van der Waals surface area contributed by atoms with Gasteiger partial charge < -0.3 is 10.5 Å². The lowest BCUT2D eigenvalue weighted by molar-refractivity contribution is -0.126. The molecule has 2 atom stereocenters. The molecule has 0 aromatic heterocycles. The van der Waals surface area contributed by atoms with Gasteiger partial charge in [-0.2, -0.15) is 0 Å². The number of ether oxygens (including phenoxy) is 1. The lowest BCUT2D eigenvalue weighted by atomic mass is 9.78. The first-order valence-corrected chi connectivity index (χ1v) is 8.10.